The smallest absolute Gasteiger partial charge is 0.00106 e. The summed E-state index contributed by atoms with van der Waals surface area (Å²) < 4.78 is 0. The first-order valence-corrected chi connectivity index (χ1v) is 6.21. The lowest BCUT2D eigenvalue weighted by molar-refractivity contribution is 0.766. The molecule has 1 unspecified atom stereocenters. The second-order valence-corrected chi connectivity index (χ2v) is 4.84. The van der Waals surface area contributed by atoms with Crippen molar-refractivity contribution in [3.8, 4) is 11.1 Å². The van der Waals surface area contributed by atoms with Gasteiger partial charge in [0.25, 0.3) is 0 Å². The highest BCUT2D eigenvalue weighted by molar-refractivity contribution is 5.78. The lowest BCUT2D eigenvalue weighted by Gasteiger charge is -2.14. The third-order valence-electron chi connectivity index (χ3n) is 3.77. The highest BCUT2D eigenvalue weighted by Gasteiger charge is 2.21. The van der Waals surface area contributed by atoms with E-state index in [1.54, 1.807) is 0 Å². The first-order valence-electron chi connectivity index (χ1n) is 6.21. The number of benzene rings is 2. The van der Waals surface area contributed by atoms with Crippen LogP contribution < -0.4 is 5.73 Å². The van der Waals surface area contributed by atoms with Crippen LogP contribution in [0.2, 0.25) is 0 Å². The Morgan fingerprint density at radius 2 is 1.82 bits per heavy atom. The van der Waals surface area contributed by atoms with Crippen LogP contribution in [0.5, 0.6) is 0 Å². The molecule has 1 nitrogen and oxygen atoms in total. The first-order chi connectivity index (χ1) is 8.31. The molecule has 17 heavy (non-hydrogen) atoms. The largest absolute Gasteiger partial charge is 0.330 e. The molecule has 0 radical (unpaired) electrons. The molecular weight excluding hydrogens is 206 g/mol. The predicted octanol–water partition coefficient (Wildman–Crippen LogP) is 3.32. The standard InChI is InChI=1S/C16H17N/c1-11(10-17)13-7-4-8-15-14-6-3-2-5-12(14)9-16(13)15/h2-8,11H,9-10,17H2,1H3. The van der Waals surface area contributed by atoms with Gasteiger partial charge in [0, 0.05) is 0 Å². The summed E-state index contributed by atoms with van der Waals surface area (Å²) in [5.74, 6) is 0.444. The van der Waals surface area contributed by atoms with E-state index < -0.39 is 0 Å². The van der Waals surface area contributed by atoms with Gasteiger partial charge < -0.3 is 5.73 Å². The topological polar surface area (TPSA) is 26.0 Å². The van der Waals surface area contributed by atoms with Gasteiger partial charge in [0.2, 0.25) is 0 Å². The van der Waals surface area contributed by atoms with Crippen molar-refractivity contribution in [1.82, 2.24) is 0 Å². The van der Waals surface area contributed by atoms with Crippen LogP contribution in [-0.4, -0.2) is 6.54 Å². The molecule has 2 aromatic rings. The summed E-state index contributed by atoms with van der Waals surface area (Å²) in [6.07, 6.45) is 1.06. The molecule has 0 amide bonds. The number of rotatable bonds is 2. The van der Waals surface area contributed by atoms with Gasteiger partial charge in [0.05, 0.1) is 0 Å². The van der Waals surface area contributed by atoms with Gasteiger partial charge >= 0.3 is 0 Å². The zero-order valence-corrected chi connectivity index (χ0v) is 10.1. The third-order valence-corrected chi connectivity index (χ3v) is 3.77. The lowest BCUT2D eigenvalue weighted by atomic mass is 9.92. The van der Waals surface area contributed by atoms with Crippen LogP contribution in [0.3, 0.4) is 0 Å². The molecule has 1 atom stereocenters. The van der Waals surface area contributed by atoms with Crippen LogP contribution >= 0.6 is 0 Å². The maximum absolute atomic E-state index is 5.80. The fourth-order valence-corrected chi connectivity index (χ4v) is 2.77. The number of nitrogens with two attached hydrogens (primary N) is 1. The molecule has 1 aliphatic rings. The molecule has 1 heteroatoms. The van der Waals surface area contributed by atoms with Gasteiger partial charge in [-0.05, 0) is 46.7 Å². The monoisotopic (exact) mass is 223 g/mol. The molecule has 86 valence electrons. The minimum atomic E-state index is 0.444. The van der Waals surface area contributed by atoms with E-state index in [1.165, 1.54) is 27.8 Å². The summed E-state index contributed by atoms with van der Waals surface area (Å²) in [4.78, 5) is 0. The van der Waals surface area contributed by atoms with Gasteiger partial charge in [0.1, 0.15) is 0 Å². The van der Waals surface area contributed by atoms with Crippen molar-refractivity contribution in [2.45, 2.75) is 19.3 Å². The Morgan fingerprint density at radius 1 is 1.06 bits per heavy atom. The van der Waals surface area contributed by atoms with Crippen molar-refractivity contribution in [1.29, 1.82) is 0 Å². The van der Waals surface area contributed by atoms with Crippen LogP contribution in [0.15, 0.2) is 42.5 Å². The second-order valence-electron chi connectivity index (χ2n) is 4.84. The minimum Gasteiger partial charge on any atom is -0.330 e. The van der Waals surface area contributed by atoms with Gasteiger partial charge in [-0.2, -0.15) is 0 Å². The van der Waals surface area contributed by atoms with E-state index >= 15 is 0 Å². The molecule has 2 aromatic carbocycles. The van der Waals surface area contributed by atoms with Crippen molar-refractivity contribution in [2.75, 3.05) is 6.54 Å². The molecule has 0 aromatic heterocycles. The van der Waals surface area contributed by atoms with Crippen LogP contribution in [0.25, 0.3) is 11.1 Å². The van der Waals surface area contributed by atoms with Crippen LogP contribution in [0, 0.1) is 0 Å². The SMILES string of the molecule is CC(CN)c1cccc2c1Cc1ccccc1-2. The summed E-state index contributed by atoms with van der Waals surface area (Å²) >= 11 is 0. The summed E-state index contributed by atoms with van der Waals surface area (Å²) in [6, 6.07) is 15.3. The second kappa shape index (κ2) is 4.01. The molecule has 0 fully saturated rings. The van der Waals surface area contributed by atoms with E-state index in [2.05, 4.69) is 49.4 Å². The number of fused-ring (bicyclic) bond motifs is 3. The van der Waals surface area contributed by atoms with Crippen molar-refractivity contribution in [3.05, 3.63) is 59.2 Å². The van der Waals surface area contributed by atoms with Gasteiger partial charge in [-0.1, -0.05) is 49.4 Å². The fourth-order valence-electron chi connectivity index (χ4n) is 2.77. The predicted molar refractivity (Wildman–Crippen MR) is 72.2 cm³/mol. The molecule has 2 N–H and O–H groups in total. The molecular formula is C16H17N. The van der Waals surface area contributed by atoms with Gasteiger partial charge in [-0.25, -0.2) is 0 Å². The zero-order valence-electron chi connectivity index (χ0n) is 10.1. The highest BCUT2D eigenvalue weighted by atomic mass is 14.5. The number of hydrogen-bond acceptors (Lipinski definition) is 1. The third kappa shape index (κ3) is 1.58. The van der Waals surface area contributed by atoms with Crippen molar-refractivity contribution < 1.29 is 0 Å². The summed E-state index contributed by atoms with van der Waals surface area (Å²) in [5.41, 5.74) is 12.9. The van der Waals surface area contributed by atoms with E-state index in [4.69, 9.17) is 5.73 Å². The minimum absolute atomic E-state index is 0.444. The lowest BCUT2D eigenvalue weighted by Crippen LogP contribution is -2.10. The maximum atomic E-state index is 5.80. The molecule has 0 spiro atoms. The number of hydrogen-bond donors (Lipinski definition) is 1. The Hall–Kier alpha value is -1.60. The highest BCUT2D eigenvalue weighted by Crippen LogP contribution is 2.39. The molecule has 3 rings (SSSR count). The maximum Gasteiger partial charge on any atom is -0.00106 e. The van der Waals surface area contributed by atoms with Gasteiger partial charge in [-0.3, -0.25) is 0 Å². The normalized spacial score (nSPS) is 14.2. The Labute approximate surface area is 102 Å². The average Bonchev–Trinajstić information content (AvgIpc) is 2.76. The van der Waals surface area contributed by atoms with E-state index in [1.807, 2.05) is 0 Å². The van der Waals surface area contributed by atoms with Crippen molar-refractivity contribution in [3.63, 3.8) is 0 Å². The van der Waals surface area contributed by atoms with Crippen LogP contribution in [0.1, 0.15) is 29.5 Å². The average molecular weight is 223 g/mol. The molecule has 0 saturated carbocycles. The summed E-state index contributed by atoms with van der Waals surface area (Å²) in [7, 11) is 0. The van der Waals surface area contributed by atoms with Gasteiger partial charge in [0.15, 0.2) is 0 Å². The van der Waals surface area contributed by atoms with Gasteiger partial charge in [-0.15, -0.1) is 0 Å². The van der Waals surface area contributed by atoms with Crippen LogP contribution in [-0.2, 0) is 6.42 Å². The molecule has 0 saturated heterocycles. The van der Waals surface area contributed by atoms with Crippen molar-refractivity contribution in [2.24, 2.45) is 5.73 Å². The molecule has 0 heterocycles. The van der Waals surface area contributed by atoms with Crippen LogP contribution in [0.4, 0.5) is 0 Å². The summed E-state index contributed by atoms with van der Waals surface area (Å²) in [6.45, 7) is 2.92. The zero-order chi connectivity index (χ0) is 11.8. The van der Waals surface area contributed by atoms with E-state index in [9.17, 15) is 0 Å². The Morgan fingerprint density at radius 3 is 2.65 bits per heavy atom. The Balaban J connectivity index is 2.17. The molecule has 0 bridgehead atoms. The van der Waals surface area contributed by atoms with E-state index in [0.717, 1.165) is 6.42 Å². The fraction of sp³-hybridized carbons (Fsp3) is 0.250. The Kier molecular flexibility index (Phi) is 2.49. The van der Waals surface area contributed by atoms with E-state index in [-0.39, 0.29) is 0 Å². The first kappa shape index (κ1) is 10.5. The summed E-state index contributed by atoms with van der Waals surface area (Å²) in [5, 5.41) is 0. The Bertz CT molecular complexity index is 557. The van der Waals surface area contributed by atoms with E-state index in [0.29, 0.717) is 12.5 Å². The molecule has 1 aliphatic carbocycles. The van der Waals surface area contributed by atoms with Crippen molar-refractivity contribution >= 4 is 0 Å². The molecule has 0 aliphatic heterocycles. The quantitative estimate of drug-likeness (QED) is 0.708.